The lowest BCUT2D eigenvalue weighted by Crippen LogP contribution is -2.40. The van der Waals surface area contributed by atoms with Crippen LogP contribution in [0.5, 0.6) is 0 Å². The first-order valence-corrected chi connectivity index (χ1v) is 11.0. The van der Waals surface area contributed by atoms with Gasteiger partial charge in [0, 0.05) is 24.4 Å². The van der Waals surface area contributed by atoms with Crippen molar-refractivity contribution in [3.63, 3.8) is 0 Å². The summed E-state index contributed by atoms with van der Waals surface area (Å²) in [6.45, 7) is 5.97. The van der Waals surface area contributed by atoms with Crippen LogP contribution in [0, 0.1) is 26.7 Å². The minimum atomic E-state index is -0.745. The minimum Gasteiger partial charge on any atom is -0.338 e. The molecule has 2 aromatic carbocycles. The molecule has 0 spiro atoms. The number of imide groups is 1. The van der Waals surface area contributed by atoms with Gasteiger partial charge in [-0.2, -0.15) is 0 Å². The number of urea groups is 1. The van der Waals surface area contributed by atoms with Gasteiger partial charge < -0.3 is 5.32 Å². The van der Waals surface area contributed by atoms with Crippen LogP contribution in [0.25, 0.3) is 0 Å². The molecular formula is C24H24Cl2N2O4. The first-order valence-electron chi connectivity index (χ1n) is 10.3. The number of amides is 3. The highest BCUT2D eigenvalue weighted by Gasteiger charge is 2.42. The molecule has 1 aliphatic carbocycles. The zero-order valence-electron chi connectivity index (χ0n) is 18.1. The van der Waals surface area contributed by atoms with E-state index in [4.69, 9.17) is 23.2 Å². The summed E-state index contributed by atoms with van der Waals surface area (Å²) in [5.41, 5.74) is 3.95. The number of halogens is 2. The van der Waals surface area contributed by atoms with Gasteiger partial charge in [-0.05, 0) is 62.1 Å². The highest BCUT2D eigenvalue weighted by molar-refractivity contribution is 6.42. The van der Waals surface area contributed by atoms with Crippen molar-refractivity contribution in [1.82, 2.24) is 10.6 Å². The van der Waals surface area contributed by atoms with Gasteiger partial charge >= 0.3 is 6.03 Å². The molecule has 0 bridgehead atoms. The predicted molar refractivity (Wildman–Crippen MR) is 123 cm³/mol. The molecule has 3 amide bonds. The fourth-order valence-corrected chi connectivity index (χ4v) is 4.56. The second-order valence-electron chi connectivity index (χ2n) is 8.14. The molecule has 3 rings (SSSR count). The molecule has 0 radical (unpaired) electrons. The van der Waals surface area contributed by atoms with E-state index >= 15 is 0 Å². The molecule has 32 heavy (non-hydrogen) atoms. The molecule has 1 saturated carbocycles. The molecule has 0 aromatic heterocycles. The van der Waals surface area contributed by atoms with E-state index in [1.807, 2.05) is 32.9 Å². The van der Waals surface area contributed by atoms with Crippen molar-refractivity contribution < 1.29 is 19.2 Å². The molecule has 2 unspecified atom stereocenters. The molecule has 6 nitrogen and oxygen atoms in total. The van der Waals surface area contributed by atoms with Crippen molar-refractivity contribution in [3.05, 3.63) is 68.2 Å². The maximum Gasteiger partial charge on any atom is 0.321 e. The minimum absolute atomic E-state index is 0.0886. The number of Topliss-reactive ketones (excluding diaryl/α,β-unsaturated/α-hetero) is 2. The lowest BCUT2D eigenvalue weighted by molar-refractivity contribution is -0.124. The van der Waals surface area contributed by atoms with Crippen LogP contribution in [0.3, 0.4) is 0 Å². The Kier molecular flexibility index (Phi) is 7.36. The SMILES string of the molecule is Cc1cc(C)c(C2C(=O)CC(CCNC(=O)NC(=O)c3ccc(Cl)c(Cl)c3)C2=O)c(C)c1. The number of nitrogens with one attached hydrogen (secondary N) is 2. The molecule has 2 atom stereocenters. The molecule has 8 heteroatoms. The van der Waals surface area contributed by atoms with E-state index in [1.165, 1.54) is 18.2 Å². The standard InChI is InChI=1S/C24H24Cl2N2O4/c1-12-8-13(2)20(14(3)9-12)21-19(29)11-15(22(21)30)6-7-27-24(32)28-23(31)16-4-5-17(25)18(26)10-16/h4-5,8-10,15,21H,6-7,11H2,1-3H3,(H2,27,28,31,32). The molecule has 0 aliphatic heterocycles. The number of ketones is 2. The number of rotatable bonds is 5. The Labute approximate surface area is 196 Å². The fourth-order valence-electron chi connectivity index (χ4n) is 4.27. The number of carbonyl (C=O) groups is 4. The van der Waals surface area contributed by atoms with Crippen LogP contribution in [0.1, 0.15) is 51.4 Å². The van der Waals surface area contributed by atoms with Crippen molar-refractivity contribution in [2.24, 2.45) is 5.92 Å². The smallest absolute Gasteiger partial charge is 0.321 e. The zero-order chi connectivity index (χ0) is 23.6. The molecule has 2 aromatic rings. The number of carbonyl (C=O) groups excluding carboxylic acids is 4. The molecule has 0 heterocycles. The van der Waals surface area contributed by atoms with Gasteiger partial charge in [-0.15, -0.1) is 0 Å². The summed E-state index contributed by atoms with van der Waals surface area (Å²) < 4.78 is 0. The summed E-state index contributed by atoms with van der Waals surface area (Å²) in [5, 5.41) is 5.27. The van der Waals surface area contributed by atoms with Crippen LogP contribution in [-0.2, 0) is 9.59 Å². The first-order chi connectivity index (χ1) is 15.1. The number of benzene rings is 2. The third kappa shape index (κ3) is 5.19. The maximum atomic E-state index is 13.0. The monoisotopic (exact) mass is 474 g/mol. The van der Waals surface area contributed by atoms with E-state index < -0.39 is 23.8 Å². The van der Waals surface area contributed by atoms with E-state index in [0.29, 0.717) is 11.4 Å². The first kappa shape index (κ1) is 24.0. The lowest BCUT2D eigenvalue weighted by atomic mass is 9.86. The summed E-state index contributed by atoms with van der Waals surface area (Å²) in [6, 6.07) is 7.55. The lowest BCUT2D eigenvalue weighted by Gasteiger charge is -2.16. The number of hydrogen-bond acceptors (Lipinski definition) is 4. The summed E-state index contributed by atoms with van der Waals surface area (Å²) in [5.74, 6) is -2.03. The van der Waals surface area contributed by atoms with Crippen LogP contribution in [0.4, 0.5) is 4.79 Å². The van der Waals surface area contributed by atoms with Crippen molar-refractivity contribution in [2.75, 3.05) is 6.54 Å². The second-order valence-corrected chi connectivity index (χ2v) is 8.96. The summed E-state index contributed by atoms with van der Waals surface area (Å²) in [7, 11) is 0. The Balaban J connectivity index is 1.56. The normalized spacial score (nSPS) is 18.0. The van der Waals surface area contributed by atoms with Crippen LogP contribution >= 0.6 is 23.2 Å². The summed E-state index contributed by atoms with van der Waals surface area (Å²) >= 11 is 11.7. The Morgan fingerprint density at radius 1 is 1.00 bits per heavy atom. The van der Waals surface area contributed by atoms with Gasteiger partial charge in [-0.3, -0.25) is 19.7 Å². The summed E-state index contributed by atoms with van der Waals surface area (Å²) in [6.07, 6.45) is 0.473. The van der Waals surface area contributed by atoms with Gasteiger partial charge in [0.2, 0.25) is 0 Å². The van der Waals surface area contributed by atoms with Crippen LogP contribution < -0.4 is 10.6 Å². The molecular weight excluding hydrogens is 451 g/mol. The Hall–Kier alpha value is -2.70. The molecule has 168 valence electrons. The predicted octanol–water partition coefficient (Wildman–Crippen LogP) is 4.69. The van der Waals surface area contributed by atoms with Crippen LogP contribution in [0.15, 0.2) is 30.3 Å². The van der Waals surface area contributed by atoms with Crippen molar-refractivity contribution in [3.8, 4) is 0 Å². The van der Waals surface area contributed by atoms with E-state index in [-0.39, 0.29) is 35.1 Å². The Morgan fingerprint density at radius 3 is 2.28 bits per heavy atom. The molecule has 0 saturated heterocycles. The Morgan fingerprint density at radius 2 is 1.66 bits per heavy atom. The summed E-state index contributed by atoms with van der Waals surface area (Å²) in [4.78, 5) is 49.8. The van der Waals surface area contributed by atoms with E-state index in [1.54, 1.807) is 0 Å². The average Bonchev–Trinajstić information content (AvgIpc) is 2.97. The van der Waals surface area contributed by atoms with Crippen molar-refractivity contribution >= 4 is 46.7 Å². The number of aryl methyl sites for hydroxylation is 3. The van der Waals surface area contributed by atoms with Crippen molar-refractivity contribution in [2.45, 2.75) is 39.5 Å². The maximum absolute atomic E-state index is 13.0. The molecule has 1 fully saturated rings. The van der Waals surface area contributed by atoms with E-state index in [0.717, 1.165) is 22.3 Å². The Bertz CT molecular complexity index is 1090. The van der Waals surface area contributed by atoms with Gasteiger partial charge in [-0.1, -0.05) is 40.9 Å². The van der Waals surface area contributed by atoms with E-state index in [2.05, 4.69) is 10.6 Å². The van der Waals surface area contributed by atoms with Gasteiger partial charge in [0.05, 0.1) is 10.0 Å². The fraction of sp³-hybridized carbons (Fsp3) is 0.333. The van der Waals surface area contributed by atoms with Gasteiger partial charge in [0.1, 0.15) is 11.7 Å². The second kappa shape index (κ2) is 9.84. The van der Waals surface area contributed by atoms with Gasteiger partial charge in [0.15, 0.2) is 5.78 Å². The van der Waals surface area contributed by atoms with Gasteiger partial charge in [0.25, 0.3) is 5.91 Å². The third-order valence-electron chi connectivity index (χ3n) is 5.67. The average molecular weight is 475 g/mol. The number of hydrogen-bond donors (Lipinski definition) is 2. The van der Waals surface area contributed by atoms with Crippen LogP contribution in [-0.4, -0.2) is 30.0 Å². The largest absolute Gasteiger partial charge is 0.338 e. The topological polar surface area (TPSA) is 92.3 Å². The van der Waals surface area contributed by atoms with Gasteiger partial charge in [-0.25, -0.2) is 4.79 Å². The highest BCUT2D eigenvalue weighted by Crippen LogP contribution is 2.37. The van der Waals surface area contributed by atoms with Crippen molar-refractivity contribution in [1.29, 1.82) is 0 Å². The van der Waals surface area contributed by atoms with E-state index in [9.17, 15) is 19.2 Å². The molecule has 2 N–H and O–H groups in total. The molecule has 1 aliphatic rings. The highest BCUT2D eigenvalue weighted by atomic mass is 35.5. The quantitative estimate of drug-likeness (QED) is 0.614. The zero-order valence-corrected chi connectivity index (χ0v) is 19.6. The third-order valence-corrected chi connectivity index (χ3v) is 6.41. The van der Waals surface area contributed by atoms with Crippen LogP contribution in [0.2, 0.25) is 10.0 Å².